The van der Waals surface area contributed by atoms with Crippen LogP contribution < -0.4 is 0 Å². The highest BCUT2D eigenvalue weighted by molar-refractivity contribution is 5.28. The highest BCUT2D eigenvalue weighted by Crippen LogP contribution is 2.26. The number of hydrogen-bond donors (Lipinski definition) is 0. The van der Waals surface area contributed by atoms with Gasteiger partial charge in [-0.2, -0.15) is 0 Å². The van der Waals surface area contributed by atoms with Gasteiger partial charge in [0.15, 0.2) is 0 Å². The zero-order valence-electron chi connectivity index (χ0n) is 16.0. The second kappa shape index (κ2) is 7.43. The molecule has 0 unspecified atom stereocenters. The number of aromatic nitrogens is 2. The molecule has 0 saturated heterocycles. The van der Waals surface area contributed by atoms with E-state index in [9.17, 15) is 0 Å². The zero-order valence-corrected chi connectivity index (χ0v) is 16.0. The van der Waals surface area contributed by atoms with E-state index in [-0.39, 0.29) is 10.8 Å². The highest BCUT2D eigenvalue weighted by atomic mass is 15.1. The van der Waals surface area contributed by atoms with Crippen LogP contribution in [0.1, 0.15) is 51.4 Å². The third-order valence-corrected chi connectivity index (χ3v) is 4.25. The van der Waals surface area contributed by atoms with Gasteiger partial charge in [0.25, 0.3) is 0 Å². The van der Waals surface area contributed by atoms with Crippen LogP contribution >= 0.6 is 0 Å². The van der Waals surface area contributed by atoms with Crippen LogP contribution in [0.25, 0.3) is 0 Å². The minimum atomic E-state index is 0.209. The van der Waals surface area contributed by atoms with Crippen LogP contribution in [0, 0.1) is 5.41 Å². The molecular weight excluding hydrogens is 294 g/mol. The predicted molar refractivity (Wildman–Crippen MR) is 101 cm³/mol. The third kappa shape index (κ3) is 5.72. The summed E-state index contributed by atoms with van der Waals surface area (Å²) in [5, 5.41) is 0. The van der Waals surface area contributed by atoms with E-state index in [1.54, 1.807) is 12.4 Å². The molecule has 3 nitrogen and oxygen atoms in total. The second-order valence-corrected chi connectivity index (χ2v) is 8.66. The van der Waals surface area contributed by atoms with E-state index in [1.807, 2.05) is 6.20 Å². The topological polar surface area (TPSA) is 29.0 Å². The molecule has 0 saturated carbocycles. The summed E-state index contributed by atoms with van der Waals surface area (Å²) in [6.45, 7) is 13.3. The Morgan fingerprint density at radius 3 is 2.17 bits per heavy atom. The molecule has 1 heterocycles. The van der Waals surface area contributed by atoms with Crippen LogP contribution in [0.2, 0.25) is 0 Å². The van der Waals surface area contributed by atoms with E-state index in [1.165, 1.54) is 11.1 Å². The largest absolute Gasteiger partial charge is 0.300 e. The maximum atomic E-state index is 4.36. The van der Waals surface area contributed by atoms with Crippen molar-refractivity contribution in [1.29, 1.82) is 0 Å². The Labute approximate surface area is 147 Å². The Kier molecular flexibility index (Phi) is 5.76. The number of hydrogen-bond acceptors (Lipinski definition) is 3. The first-order chi connectivity index (χ1) is 11.2. The lowest BCUT2D eigenvalue weighted by Crippen LogP contribution is -2.32. The highest BCUT2D eigenvalue weighted by Gasteiger charge is 2.21. The molecule has 3 heteroatoms. The van der Waals surface area contributed by atoms with Crippen molar-refractivity contribution in [3.63, 3.8) is 0 Å². The fourth-order valence-corrected chi connectivity index (χ4v) is 3.21. The summed E-state index contributed by atoms with van der Waals surface area (Å²) in [6, 6.07) is 9.11. The molecule has 0 spiro atoms. The lowest BCUT2D eigenvalue weighted by molar-refractivity contribution is 0.201. The predicted octanol–water partition coefficient (Wildman–Crippen LogP) is 4.47. The average molecular weight is 326 g/mol. The average Bonchev–Trinajstić information content (AvgIpc) is 2.46. The van der Waals surface area contributed by atoms with E-state index >= 15 is 0 Å². The molecule has 0 amide bonds. The Balaban J connectivity index is 1.95. The van der Waals surface area contributed by atoms with Gasteiger partial charge in [0.1, 0.15) is 0 Å². The molecular formula is C21H31N3. The summed E-state index contributed by atoms with van der Waals surface area (Å²) in [4.78, 5) is 10.8. The van der Waals surface area contributed by atoms with Gasteiger partial charge in [-0.15, -0.1) is 0 Å². The number of nitrogens with zero attached hydrogens (tertiary/aromatic N) is 3. The first-order valence-electron chi connectivity index (χ1n) is 8.69. The first kappa shape index (κ1) is 18.6. The van der Waals surface area contributed by atoms with Gasteiger partial charge in [-0.25, -0.2) is 0 Å². The van der Waals surface area contributed by atoms with E-state index in [0.29, 0.717) is 0 Å². The van der Waals surface area contributed by atoms with Crippen molar-refractivity contribution >= 4 is 0 Å². The van der Waals surface area contributed by atoms with Gasteiger partial charge in [-0.05, 0) is 35.4 Å². The van der Waals surface area contributed by atoms with Crippen molar-refractivity contribution in [2.75, 3.05) is 13.6 Å². The lowest BCUT2D eigenvalue weighted by atomic mass is 9.83. The molecule has 2 aromatic rings. The summed E-state index contributed by atoms with van der Waals surface area (Å²) >= 11 is 0. The lowest BCUT2D eigenvalue weighted by Gasteiger charge is -2.30. The van der Waals surface area contributed by atoms with Gasteiger partial charge in [0.05, 0.1) is 5.69 Å². The molecule has 0 atom stereocenters. The van der Waals surface area contributed by atoms with Crippen LogP contribution in [-0.2, 0) is 18.4 Å². The SMILES string of the molecule is CN(Cc1cnccn1)CC(C)(C)Cc1ccc(C(C)(C)C)cc1. The molecule has 24 heavy (non-hydrogen) atoms. The minimum Gasteiger partial charge on any atom is -0.300 e. The van der Waals surface area contributed by atoms with Gasteiger partial charge in [-0.3, -0.25) is 14.9 Å². The van der Waals surface area contributed by atoms with Crippen molar-refractivity contribution in [2.24, 2.45) is 5.41 Å². The van der Waals surface area contributed by atoms with Gasteiger partial charge in [-0.1, -0.05) is 58.9 Å². The van der Waals surface area contributed by atoms with Crippen LogP contribution in [0.15, 0.2) is 42.9 Å². The van der Waals surface area contributed by atoms with E-state index in [4.69, 9.17) is 0 Å². The van der Waals surface area contributed by atoms with Gasteiger partial charge >= 0.3 is 0 Å². The Hall–Kier alpha value is -1.74. The summed E-state index contributed by atoms with van der Waals surface area (Å²) in [5.41, 5.74) is 4.24. The van der Waals surface area contributed by atoms with Crippen LogP contribution in [0.4, 0.5) is 0 Å². The van der Waals surface area contributed by atoms with Crippen LogP contribution in [0.5, 0.6) is 0 Å². The molecule has 0 N–H and O–H groups in total. The molecule has 0 bridgehead atoms. The van der Waals surface area contributed by atoms with E-state index in [0.717, 1.165) is 25.2 Å². The van der Waals surface area contributed by atoms with E-state index in [2.05, 4.69) is 80.8 Å². The number of benzene rings is 1. The standard InChI is InChI=1S/C21H31N3/c1-20(2,3)18-9-7-17(8-10-18)13-21(4,5)16-24(6)15-19-14-22-11-12-23-19/h7-12,14H,13,15-16H2,1-6H3. The molecule has 0 radical (unpaired) electrons. The van der Waals surface area contributed by atoms with Crippen molar-refractivity contribution in [2.45, 2.75) is 53.0 Å². The maximum absolute atomic E-state index is 4.36. The second-order valence-electron chi connectivity index (χ2n) is 8.66. The Bertz CT molecular complexity index is 624. The molecule has 0 aliphatic rings. The fourth-order valence-electron chi connectivity index (χ4n) is 3.21. The summed E-state index contributed by atoms with van der Waals surface area (Å²) < 4.78 is 0. The molecule has 130 valence electrons. The van der Waals surface area contributed by atoms with Crippen molar-refractivity contribution in [3.8, 4) is 0 Å². The Morgan fingerprint density at radius 2 is 1.62 bits per heavy atom. The van der Waals surface area contributed by atoms with Gasteiger partial charge < -0.3 is 0 Å². The molecule has 2 rings (SSSR count). The smallest absolute Gasteiger partial charge is 0.0726 e. The van der Waals surface area contributed by atoms with Crippen LogP contribution in [-0.4, -0.2) is 28.5 Å². The van der Waals surface area contributed by atoms with Gasteiger partial charge in [0.2, 0.25) is 0 Å². The van der Waals surface area contributed by atoms with Gasteiger partial charge in [0, 0.05) is 31.7 Å². The quantitative estimate of drug-likeness (QED) is 0.784. The third-order valence-electron chi connectivity index (χ3n) is 4.25. The Morgan fingerprint density at radius 1 is 0.958 bits per heavy atom. The van der Waals surface area contributed by atoms with Crippen LogP contribution in [0.3, 0.4) is 0 Å². The van der Waals surface area contributed by atoms with Crippen molar-refractivity contribution in [1.82, 2.24) is 14.9 Å². The van der Waals surface area contributed by atoms with Crippen molar-refractivity contribution in [3.05, 3.63) is 59.7 Å². The summed E-state index contributed by atoms with van der Waals surface area (Å²) in [5.74, 6) is 0. The molecule has 0 aliphatic heterocycles. The monoisotopic (exact) mass is 325 g/mol. The maximum Gasteiger partial charge on any atom is 0.0726 e. The minimum absolute atomic E-state index is 0.209. The molecule has 0 aliphatic carbocycles. The zero-order chi connectivity index (χ0) is 17.8. The van der Waals surface area contributed by atoms with Crippen molar-refractivity contribution < 1.29 is 0 Å². The molecule has 1 aromatic carbocycles. The van der Waals surface area contributed by atoms with E-state index < -0.39 is 0 Å². The fraction of sp³-hybridized carbons (Fsp3) is 0.524. The summed E-state index contributed by atoms with van der Waals surface area (Å²) in [7, 11) is 2.15. The summed E-state index contributed by atoms with van der Waals surface area (Å²) in [6.07, 6.45) is 6.39. The first-order valence-corrected chi connectivity index (χ1v) is 8.69. The molecule has 1 aromatic heterocycles. The number of rotatable bonds is 6. The molecule has 0 fully saturated rings. The normalized spacial score (nSPS) is 12.6.